The van der Waals surface area contributed by atoms with Crippen molar-refractivity contribution in [2.24, 2.45) is 5.92 Å². The molecule has 3 N–H and O–H groups in total. The van der Waals surface area contributed by atoms with Crippen LogP contribution in [0.15, 0.2) is 30.0 Å². The second-order valence-corrected chi connectivity index (χ2v) is 5.43. The minimum atomic E-state index is -1.03. The third-order valence-corrected chi connectivity index (χ3v) is 3.99. The van der Waals surface area contributed by atoms with Gasteiger partial charge in [-0.1, -0.05) is 31.0 Å². The minimum absolute atomic E-state index is 0.0992. The number of rotatable bonds is 5. The number of nitrogens with one attached hydrogen (secondary N) is 2. The highest BCUT2D eigenvalue weighted by molar-refractivity contribution is 6.33. The largest absolute Gasteiger partial charge is 0.478 e. The predicted molar refractivity (Wildman–Crippen MR) is 80.9 cm³/mol. The second-order valence-electron chi connectivity index (χ2n) is 5.03. The van der Waals surface area contributed by atoms with Crippen LogP contribution in [0.4, 0.5) is 5.69 Å². The van der Waals surface area contributed by atoms with Crippen LogP contribution >= 0.6 is 11.6 Å². The maximum absolute atomic E-state index is 11.0. The highest BCUT2D eigenvalue weighted by Gasteiger charge is 2.13. The summed E-state index contributed by atoms with van der Waals surface area (Å²) in [5.74, 6) is -0.240. The Balaban J connectivity index is 1.96. The molecule has 20 heavy (non-hydrogen) atoms. The monoisotopic (exact) mass is 294 g/mol. The lowest BCUT2D eigenvalue weighted by molar-refractivity contribution is 0.0697. The molecule has 1 aromatic rings. The van der Waals surface area contributed by atoms with E-state index in [9.17, 15) is 4.79 Å². The summed E-state index contributed by atoms with van der Waals surface area (Å²) in [6.07, 6.45) is 6.74. The number of hydrazine groups is 1. The first kappa shape index (κ1) is 14.7. The zero-order valence-electron chi connectivity index (χ0n) is 11.4. The van der Waals surface area contributed by atoms with Gasteiger partial charge in [-0.25, -0.2) is 4.79 Å². The molecule has 5 heteroatoms. The molecule has 0 bridgehead atoms. The molecule has 1 atom stereocenters. The molecule has 0 saturated heterocycles. The van der Waals surface area contributed by atoms with E-state index in [1.807, 2.05) is 0 Å². The van der Waals surface area contributed by atoms with E-state index in [2.05, 4.69) is 23.9 Å². The van der Waals surface area contributed by atoms with E-state index in [0.717, 1.165) is 24.5 Å². The molecule has 0 saturated carbocycles. The summed E-state index contributed by atoms with van der Waals surface area (Å²) in [4.78, 5) is 11.0. The van der Waals surface area contributed by atoms with Crippen molar-refractivity contribution in [1.82, 2.24) is 5.43 Å². The molecule has 0 radical (unpaired) electrons. The standard InChI is InChI=1S/C15H19ClN2O2/c1-2-10-3-5-11(6-4-10)17-18-12-7-8-14(16)13(9-12)15(19)20/h5,7-10,17-18H,2-4,6H2,1H3,(H,19,20)/t10-/m1/s1. The number of carboxylic acids is 1. The van der Waals surface area contributed by atoms with Crippen LogP contribution in [0.2, 0.25) is 5.02 Å². The SMILES string of the molecule is CC[C@@H]1CC=C(NNc2ccc(Cl)c(C(=O)O)c2)CC1. The average molecular weight is 295 g/mol. The van der Waals surface area contributed by atoms with Gasteiger partial charge >= 0.3 is 5.97 Å². The molecule has 0 heterocycles. The Hall–Kier alpha value is -1.68. The van der Waals surface area contributed by atoms with Crippen molar-refractivity contribution >= 4 is 23.3 Å². The predicted octanol–water partition coefficient (Wildman–Crippen LogP) is 4.05. The minimum Gasteiger partial charge on any atom is -0.478 e. The Kier molecular flexibility index (Phi) is 4.90. The van der Waals surface area contributed by atoms with Crippen LogP contribution in [0.1, 0.15) is 43.0 Å². The Labute approximate surface area is 123 Å². The quantitative estimate of drug-likeness (QED) is 0.717. The van der Waals surface area contributed by atoms with Crippen molar-refractivity contribution in [1.29, 1.82) is 0 Å². The molecule has 0 spiro atoms. The smallest absolute Gasteiger partial charge is 0.337 e. The zero-order valence-corrected chi connectivity index (χ0v) is 12.2. The second kappa shape index (κ2) is 6.66. The molecule has 0 aromatic heterocycles. The molecule has 0 fully saturated rings. The van der Waals surface area contributed by atoms with Crippen molar-refractivity contribution in [2.75, 3.05) is 5.43 Å². The maximum Gasteiger partial charge on any atom is 0.337 e. The third kappa shape index (κ3) is 3.67. The van der Waals surface area contributed by atoms with Gasteiger partial charge in [0.1, 0.15) is 0 Å². The maximum atomic E-state index is 11.0. The first-order valence-corrected chi connectivity index (χ1v) is 7.22. The summed E-state index contributed by atoms with van der Waals surface area (Å²) in [7, 11) is 0. The number of anilines is 1. The van der Waals surface area contributed by atoms with Crippen LogP contribution in [0.3, 0.4) is 0 Å². The van der Waals surface area contributed by atoms with Crippen molar-refractivity contribution in [3.63, 3.8) is 0 Å². The Morgan fingerprint density at radius 2 is 2.25 bits per heavy atom. The van der Waals surface area contributed by atoms with E-state index in [-0.39, 0.29) is 10.6 Å². The fourth-order valence-corrected chi connectivity index (χ4v) is 2.49. The van der Waals surface area contributed by atoms with E-state index in [0.29, 0.717) is 5.69 Å². The van der Waals surface area contributed by atoms with Gasteiger partial charge in [0.2, 0.25) is 0 Å². The van der Waals surface area contributed by atoms with Gasteiger partial charge in [0.25, 0.3) is 0 Å². The summed E-state index contributed by atoms with van der Waals surface area (Å²) in [6.45, 7) is 2.22. The lowest BCUT2D eigenvalue weighted by Gasteiger charge is -2.22. The molecule has 1 aliphatic carbocycles. The number of halogens is 1. The summed E-state index contributed by atoms with van der Waals surface area (Å²) in [6, 6.07) is 4.85. The van der Waals surface area contributed by atoms with Gasteiger partial charge in [-0.3, -0.25) is 0 Å². The Bertz CT molecular complexity index is 529. The number of benzene rings is 1. The third-order valence-electron chi connectivity index (χ3n) is 3.66. The summed E-state index contributed by atoms with van der Waals surface area (Å²) >= 11 is 5.83. The highest BCUT2D eigenvalue weighted by Crippen LogP contribution is 2.25. The van der Waals surface area contributed by atoms with Crippen LogP contribution in [0.25, 0.3) is 0 Å². The zero-order chi connectivity index (χ0) is 14.5. The van der Waals surface area contributed by atoms with Crippen molar-refractivity contribution < 1.29 is 9.90 Å². The molecule has 1 aromatic carbocycles. The van der Waals surface area contributed by atoms with E-state index < -0.39 is 5.97 Å². The van der Waals surface area contributed by atoms with E-state index in [4.69, 9.17) is 16.7 Å². The van der Waals surface area contributed by atoms with Gasteiger partial charge in [0.05, 0.1) is 16.3 Å². The molecule has 0 amide bonds. The van der Waals surface area contributed by atoms with Gasteiger partial charge < -0.3 is 16.0 Å². The normalized spacial score (nSPS) is 18.3. The lowest BCUT2D eigenvalue weighted by atomic mass is 9.91. The van der Waals surface area contributed by atoms with Gasteiger partial charge in [-0.15, -0.1) is 0 Å². The molecule has 0 aliphatic heterocycles. The summed E-state index contributed by atoms with van der Waals surface area (Å²) < 4.78 is 0. The molecule has 1 aliphatic rings. The van der Waals surface area contributed by atoms with E-state index >= 15 is 0 Å². The van der Waals surface area contributed by atoms with Crippen LogP contribution in [0, 0.1) is 5.92 Å². The first-order valence-electron chi connectivity index (χ1n) is 6.84. The number of hydrogen-bond acceptors (Lipinski definition) is 3. The van der Waals surface area contributed by atoms with Gasteiger partial charge in [0, 0.05) is 5.70 Å². The lowest BCUT2D eigenvalue weighted by Crippen LogP contribution is -2.23. The van der Waals surface area contributed by atoms with Gasteiger partial charge in [-0.05, 0) is 43.4 Å². The Morgan fingerprint density at radius 1 is 1.45 bits per heavy atom. The fraction of sp³-hybridized carbons (Fsp3) is 0.400. The van der Waals surface area contributed by atoms with Gasteiger partial charge in [0.15, 0.2) is 0 Å². The van der Waals surface area contributed by atoms with E-state index in [1.165, 1.54) is 18.9 Å². The van der Waals surface area contributed by atoms with Crippen LogP contribution < -0.4 is 10.9 Å². The molecular formula is C15H19ClN2O2. The summed E-state index contributed by atoms with van der Waals surface area (Å²) in [5, 5.41) is 9.26. The Morgan fingerprint density at radius 3 is 2.85 bits per heavy atom. The van der Waals surface area contributed by atoms with Crippen molar-refractivity contribution in [3.8, 4) is 0 Å². The van der Waals surface area contributed by atoms with Gasteiger partial charge in [-0.2, -0.15) is 0 Å². The van der Waals surface area contributed by atoms with Crippen LogP contribution in [-0.2, 0) is 0 Å². The first-order chi connectivity index (χ1) is 9.60. The topological polar surface area (TPSA) is 61.4 Å². The molecular weight excluding hydrogens is 276 g/mol. The number of carboxylic acid groups (broad SMARTS) is 1. The number of hydrogen-bond donors (Lipinski definition) is 3. The molecule has 0 unspecified atom stereocenters. The molecule has 2 rings (SSSR count). The number of allylic oxidation sites excluding steroid dienone is 2. The average Bonchev–Trinajstić information content (AvgIpc) is 2.46. The number of aromatic carboxylic acids is 1. The van der Waals surface area contributed by atoms with Crippen LogP contribution in [-0.4, -0.2) is 11.1 Å². The van der Waals surface area contributed by atoms with E-state index in [1.54, 1.807) is 12.1 Å². The van der Waals surface area contributed by atoms with Crippen molar-refractivity contribution in [2.45, 2.75) is 32.6 Å². The summed E-state index contributed by atoms with van der Waals surface area (Å²) in [5.41, 5.74) is 8.11. The van der Waals surface area contributed by atoms with Crippen LogP contribution in [0.5, 0.6) is 0 Å². The highest BCUT2D eigenvalue weighted by atomic mass is 35.5. The molecule has 108 valence electrons. The van der Waals surface area contributed by atoms with Crippen molar-refractivity contribution in [3.05, 3.63) is 40.6 Å². The molecule has 4 nitrogen and oxygen atoms in total. The fourth-order valence-electron chi connectivity index (χ4n) is 2.29. The number of carbonyl (C=O) groups is 1.